The van der Waals surface area contributed by atoms with Crippen molar-refractivity contribution in [2.45, 2.75) is 0 Å². The number of para-hydroxylation sites is 2. The molecule has 0 spiro atoms. The Bertz CT molecular complexity index is 1160. The van der Waals surface area contributed by atoms with Gasteiger partial charge in [0.1, 0.15) is 11.3 Å². The molecule has 0 aliphatic carbocycles. The molecule has 0 radical (unpaired) electrons. The van der Waals surface area contributed by atoms with Gasteiger partial charge in [-0.25, -0.2) is 9.37 Å². The number of halogens is 1. The first-order chi connectivity index (χ1) is 13.6. The molecule has 0 atom stereocenters. The first-order valence-corrected chi connectivity index (χ1v) is 8.83. The standard InChI is InChI=1S/C21H14FN3O2S/c22-15-7-3-5-13(11-15)19(26)25-21(28)23-16-8-4-6-14(12-16)20-24-17-9-1-2-10-18(17)27-20/h1-12H,(H2,23,25,26,28). The number of thiocarbonyl (C=S) groups is 1. The zero-order valence-corrected chi connectivity index (χ0v) is 15.3. The van der Waals surface area contributed by atoms with Crippen molar-refractivity contribution in [3.8, 4) is 11.5 Å². The minimum absolute atomic E-state index is 0.101. The van der Waals surface area contributed by atoms with Gasteiger partial charge in [-0.3, -0.25) is 10.1 Å². The van der Waals surface area contributed by atoms with E-state index in [0.717, 1.165) is 17.1 Å². The van der Waals surface area contributed by atoms with E-state index in [1.807, 2.05) is 42.5 Å². The van der Waals surface area contributed by atoms with E-state index in [9.17, 15) is 9.18 Å². The summed E-state index contributed by atoms with van der Waals surface area (Å²) in [6.45, 7) is 0. The fourth-order valence-electron chi connectivity index (χ4n) is 2.69. The Kier molecular flexibility index (Phi) is 4.82. The lowest BCUT2D eigenvalue weighted by molar-refractivity contribution is 0.0977. The lowest BCUT2D eigenvalue weighted by atomic mass is 10.2. The van der Waals surface area contributed by atoms with Gasteiger partial charge in [-0.2, -0.15) is 0 Å². The van der Waals surface area contributed by atoms with Gasteiger partial charge in [0, 0.05) is 16.8 Å². The number of hydrogen-bond acceptors (Lipinski definition) is 4. The van der Waals surface area contributed by atoms with E-state index in [2.05, 4.69) is 15.6 Å². The summed E-state index contributed by atoms with van der Waals surface area (Å²) in [7, 11) is 0. The fraction of sp³-hybridized carbons (Fsp3) is 0. The highest BCUT2D eigenvalue weighted by atomic mass is 32.1. The average Bonchev–Trinajstić information content (AvgIpc) is 3.12. The van der Waals surface area contributed by atoms with Crippen molar-refractivity contribution in [3.63, 3.8) is 0 Å². The van der Waals surface area contributed by atoms with Crippen LogP contribution in [0.1, 0.15) is 10.4 Å². The predicted molar refractivity (Wildman–Crippen MR) is 110 cm³/mol. The zero-order chi connectivity index (χ0) is 19.5. The molecular formula is C21H14FN3O2S. The second-order valence-electron chi connectivity index (χ2n) is 5.99. The summed E-state index contributed by atoms with van der Waals surface area (Å²) in [5.41, 5.74) is 3.08. The second-order valence-corrected chi connectivity index (χ2v) is 6.39. The highest BCUT2D eigenvalue weighted by Gasteiger charge is 2.11. The molecule has 0 saturated heterocycles. The first-order valence-electron chi connectivity index (χ1n) is 8.42. The van der Waals surface area contributed by atoms with Gasteiger partial charge in [-0.05, 0) is 60.7 Å². The van der Waals surface area contributed by atoms with Gasteiger partial charge in [0.05, 0.1) is 0 Å². The summed E-state index contributed by atoms with van der Waals surface area (Å²) in [5, 5.41) is 5.57. The molecule has 7 heteroatoms. The zero-order valence-electron chi connectivity index (χ0n) is 14.5. The largest absolute Gasteiger partial charge is 0.436 e. The van der Waals surface area contributed by atoms with Gasteiger partial charge < -0.3 is 9.73 Å². The van der Waals surface area contributed by atoms with Gasteiger partial charge in [0.2, 0.25) is 5.89 Å². The molecule has 5 nitrogen and oxygen atoms in total. The number of aromatic nitrogens is 1. The average molecular weight is 391 g/mol. The summed E-state index contributed by atoms with van der Waals surface area (Å²) < 4.78 is 19.0. The highest BCUT2D eigenvalue weighted by molar-refractivity contribution is 7.80. The van der Waals surface area contributed by atoms with E-state index in [0.29, 0.717) is 17.2 Å². The van der Waals surface area contributed by atoms with E-state index in [4.69, 9.17) is 16.6 Å². The molecule has 4 rings (SSSR count). The van der Waals surface area contributed by atoms with E-state index in [1.165, 1.54) is 18.2 Å². The monoisotopic (exact) mass is 391 g/mol. The smallest absolute Gasteiger partial charge is 0.257 e. The molecule has 1 heterocycles. The van der Waals surface area contributed by atoms with Gasteiger partial charge in [-0.15, -0.1) is 0 Å². The molecule has 2 N–H and O–H groups in total. The normalized spacial score (nSPS) is 10.6. The molecule has 0 unspecified atom stereocenters. The minimum Gasteiger partial charge on any atom is -0.436 e. The number of fused-ring (bicyclic) bond motifs is 1. The van der Waals surface area contributed by atoms with Crippen molar-refractivity contribution in [1.82, 2.24) is 10.3 Å². The van der Waals surface area contributed by atoms with Gasteiger partial charge in [-0.1, -0.05) is 24.3 Å². The molecular weight excluding hydrogens is 377 g/mol. The lowest BCUT2D eigenvalue weighted by Gasteiger charge is -2.10. The van der Waals surface area contributed by atoms with Crippen LogP contribution in [0.25, 0.3) is 22.6 Å². The quantitative estimate of drug-likeness (QED) is 0.493. The number of anilines is 1. The van der Waals surface area contributed by atoms with Crippen molar-refractivity contribution in [3.05, 3.63) is 84.2 Å². The van der Waals surface area contributed by atoms with Crippen LogP contribution in [-0.4, -0.2) is 16.0 Å². The Hall–Kier alpha value is -3.58. The number of hydrogen-bond donors (Lipinski definition) is 2. The molecule has 0 saturated carbocycles. The van der Waals surface area contributed by atoms with Crippen LogP contribution >= 0.6 is 12.2 Å². The van der Waals surface area contributed by atoms with Crippen molar-refractivity contribution in [2.75, 3.05) is 5.32 Å². The number of benzene rings is 3. The van der Waals surface area contributed by atoms with Gasteiger partial charge in [0.25, 0.3) is 5.91 Å². The lowest BCUT2D eigenvalue weighted by Crippen LogP contribution is -2.34. The third-order valence-electron chi connectivity index (χ3n) is 3.98. The maximum Gasteiger partial charge on any atom is 0.257 e. The summed E-state index contributed by atoms with van der Waals surface area (Å²) in [6, 6.07) is 20.2. The maximum atomic E-state index is 13.3. The number of oxazole rings is 1. The Morgan fingerprint density at radius 3 is 2.64 bits per heavy atom. The van der Waals surface area contributed by atoms with Crippen molar-refractivity contribution < 1.29 is 13.6 Å². The van der Waals surface area contributed by atoms with E-state index in [-0.39, 0.29) is 10.7 Å². The van der Waals surface area contributed by atoms with Crippen LogP contribution in [0.3, 0.4) is 0 Å². The third kappa shape index (κ3) is 3.89. The molecule has 0 aliphatic heterocycles. The summed E-state index contributed by atoms with van der Waals surface area (Å²) in [6.07, 6.45) is 0. The molecule has 4 aromatic rings. The Morgan fingerprint density at radius 1 is 1.00 bits per heavy atom. The first kappa shape index (κ1) is 17.8. The van der Waals surface area contributed by atoms with Crippen LogP contribution in [0.5, 0.6) is 0 Å². The number of amides is 1. The van der Waals surface area contributed by atoms with Crippen molar-refractivity contribution >= 4 is 40.0 Å². The summed E-state index contributed by atoms with van der Waals surface area (Å²) in [4.78, 5) is 16.6. The summed E-state index contributed by atoms with van der Waals surface area (Å²) in [5.74, 6) is -0.496. The molecule has 3 aromatic carbocycles. The predicted octanol–water partition coefficient (Wildman–Crippen LogP) is 4.76. The van der Waals surface area contributed by atoms with Crippen molar-refractivity contribution in [1.29, 1.82) is 0 Å². The molecule has 1 amide bonds. The molecule has 1 aromatic heterocycles. The topological polar surface area (TPSA) is 67.2 Å². The van der Waals surface area contributed by atoms with Crippen molar-refractivity contribution in [2.24, 2.45) is 0 Å². The molecule has 28 heavy (non-hydrogen) atoms. The minimum atomic E-state index is -0.493. The van der Waals surface area contributed by atoms with E-state index < -0.39 is 11.7 Å². The van der Waals surface area contributed by atoms with Crippen LogP contribution in [0.15, 0.2) is 77.2 Å². The Labute approximate surface area is 165 Å². The van der Waals surface area contributed by atoms with E-state index >= 15 is 0 Å². The fourth-order valence-corrected chi connectivity index (χ4v) is 2.90. The molecule has 0 fully saturated rings. The van der Waals surface area contributed by atoms with Crippen LogP contribution < -0.4 is 10.6 Å². The number of nitrogens with one attached hydrogen (secondary N) is 2. The maximum absolute atomic E-state index is 13.3. The van der Waals surface area contributed by atoms with Crippen LogP contribution in [-0.2, 0) is 0 Å². The number of carbonyl (C=O) groups is 1. The van der Waals surface area contributed by atoms with Crippen LogP contribution in [0, 0.1) is 5.82 Å². The second kappa shape index (κ2) is 7.58. The number of nitrogens with zero attached hydrogens (tertiary/aromatic N) is 1. The van der Waals surface area contributed by atoms with Crippen LogP contribution in [0.4, 0.5) is 10.1 Å². The highest BCUT2D eigenvalue weighted by Crippen LogP contribution is 2.26. The number of rotatable bonds is 3. The molecule has 0 aliphatic rings. The van der Waals surface area contributed by atoms with Crippen LogP contribution in [0.2, 0.25) is 0 Å². The van der Waals surface area contributed by atoms with Gasteiger partial charge >= 0.3 is 0 Å². The summed E-state index contributed by atoms with van der Waals surface area (Å²) >= 11 is 5.18. The molecule has 138 valence electrons. The van der Waals surface area contributed by atoms with E-state index in [1.54, 1.807) is 6.07 Å². The van der Waals surface area contributed by atoms with Gasteiger partial charge in [0.15, 0.2) is 10.7 Å². The number of carbonyl (C=O) groups excluding carboxylic acids is 1. The SMILES string of the molecule is O=C(NC(=S)Nc1cccc(-c2nc3ccccc3o2)c1)c1cccc(F)c1. The third-order valence-corrected chi connectivity index (χ3v) is 4.18. The Morgan fingerprint density at radius 2 is 1.82 bits per heavy atom. The molecule has 0 bridgehead atoms. The Balaban J connectivity index is 1.48.